The zero-order valence-corrected chi connectivity index (χ0v) is 10.3. The molecule has 0 spiro atoms. The van der Waals surface area contributed by atoms with Crippen LogP contribution in [0.2, 0.25) is 0 Å². The Labute approximate surface area is 102 Å². The summed E-state index contributed by atoms with van der Waals surface area (Å²) in [6, 6.07) is 6.55. The van der Waals surface area contributed by atoms with Crippen molar-refractivity contribution in [2.75, 3.05) is 0 Å². The van der Waals surface area contributed by atoms with E-state index in [2.05, 4.69) is 27.9 Å². The van der Waals surface area contributed by atoms with E-state index < -0.39 is 0 Å². The lowest BCUT2D eigenvalue weighted by Gasteiger charge is -2.33. The van der Waals surface area contributed by atoms with Crippen molar-refractivity contribution < 1.29 is 0 Å². The molecule has 0 aliphatic heterocycles. The van der Waals surface area contributed by atoms with Gasteiger partial charge in [-0.1, -0.05) is 6.07 Å². The highest BCUT2D eigenvalue weighted by atomic mass is 32.1. The molecule has 0 bridgehead atoms. The fraction of sp³-hybridized carbons (Fsp3) is 0.333. The molecule has 0 amide bonds. The van der Waals surface area contributed by atoms with Gasteiger partial charge in [0.2, 0.25) is 0 Å². The van der Waals surface area contributed by atoms with Gasteiger partial charge in [-0.25, -0.2) is 4.98 Å². The maximum atomic E-state index is 9.25. The van der Waals surface area contributed by atoms with E-state index in [9.17, 15) is 5.26 Å². The van der Waals surface area contributed by atoms with Crippen molar-refractivity contribution in [2.45, 2.75) is 24.7 Å². The van der Waals surface area contributed by atoms with E-state index in [1.807, 2.05) is 6.07 Å². The number of thiazole rings is 1. The summed E-state index contributed by atoms with van der Waals surface area (Å²) in [4.78, 5) is 5.82. The van der Waals surface area contributed by atoms with Crippen molar-refractivity contribution in [3.05, 3.63) is 28.6 Å². The third kappa shape index (κ3) is 1.40. The van der Waals surface area contributed by atoms with Crippen molar-refractivity contribution in [3.8, 4) is 16.0 Å². The predicted molar refractivity (Wildman–Crippen MR) is 66.6 cm³/mol. The molecule has 0 radical (unpaired) electrons. The molecule has 1 saturated carbocycles. The van der Waals surface area contributed by atoms with Crippen LogP contribution in [-0.2, 0) is 5.41 Å². The second kappa shape index (κ2) is 3.69. The number of hydrogen-bond acceptors (Lipinski definition) is 4. The van der Waals surface area contributed by atoms with Gasteiger partial charge < -0.3 is 0 Å². The van der Waals surface area contributed by atoms with Crippen LogP contribution < -0.4 is 0 Å². The zero-order chi connectivity index (χ0) is 11.0. The monoisotopic (exact) mass is 246 g/mol. The van der Waals surface area contributed by atoms with Crippen LogP contribution >= 0.6 is 22.7 Å². The van der Waals surface area contributed by atoms with Crippen LogP contribution in [0.15, 0.2) is 22.9 Å². The first kappa shape index (κ1) is 10.0. The molecule has 0 unspecified atom stereocenters. The number of aromatic nitrogens is 1. The van der Waals surface area contributed by atoms with Gasteiger partial charge in [0.15, 0.2) is 0 Å². The third-order valence-corrected chi connectivity index (χ3v) is 5.03. The fourth-order valence-electron chi connectivity index (χ4n) is 1.96. The van der Waals surface area contributed by atoms with Crippen molar-refractivity contribution in [3.63, 3.8) is 0 Å². The number of thiophene rings is 1. The summed E-state index contributed by atoms with van der Waals surface area (Å²) in [5.74, 6) is 0. The second-order valence-corrected chi connectivity index (χ2v) is 5.87. The molecule has 2 nitrogen and oxygen atoms in total. The SMILES string of the molecule is N#CC1(c2csc(-c3cccs3)n2)CCC1. The summed E-state index contributed by atoms with van der Waals surface area (Å²) in [5, 5.41) is 14.4. The molecule has 2 heterocycles. The van der Waals surface area contributed by atoms with Crippen LogP contribution in [0, 0.1) is 11.3 Å². The van der Waals surface area contributed by atoms with Crippen molar-refractivity contribution in [2.24, 2.45) is 0 Å². The summed E-state index contributed by atoms with van der Waals surface area (Å²) in [6.45, 7) is 0. The Balaban J connectivity index is 1.97. The molecule has 2 aromatic rings. The van der Waals surface area contributed by atoms with Gasteiger partial charge in [-0.15, -0.1) is 22.7 Å². The highest BCUT2D eigenvalue weighted by molar-refractivity contribution is 7.20. The summed E-state index contributed by atoms with van der Waals surface area (Å²) >= 11 is 3.35. The number of rotatable bonds is 2. The van der Waals surface area contributed by atoms with Gasteiger partial charge >= 0.3 is 0 Å². The van der Waals surface area contributed by atoms with Crippen LogP contribution in [0.4, 0.5) is 0 Å². The first-order valence-electron chi connectivity index (χ1n) is 5.25. The molecule has 16 heavy (non-hydrogen) atoms. The van der Waals surface area contributed by atoms with Crippen molar-refractivity contribution in [1.29, 1.82) is 5.26 Å². The quantitative estimate of drug-likeness (QED) is 0.807. The lowest BCUT2D eigenvalue weighted by Crippen LogP contribution is -2.32. The van der Waals surface area contributed by atoms with E-state index in [4.69, 9.17) is 0 Å². The van der Waals surface area contributed by atoms with Gasteiger partial charge in [-0.05, 0) is 30.7 Å². The normalized spacial score (nSPS) is 17.7. The average Bonchev–Trinajstić information content (AvgIpc) is 2.86. The van der Waals surface area contributed by atoms with E-state index >= 15 is 0 Å². The Kier molecular flexibility index (Phi) is 2.31. The van der Waals surface area contributed by atoms with Crippen molar-refractivity contribution in [1.82, 2.24) is 4.98 Å². The number of nitriles is 1. The lowest BCUT2D eigenvalue weighted by atomic mass is 9.68. The molecule has 0 N–H and O–H groups in total. The van der Waals surface area contributed by atoms with Crippen LogP contribution in [-0.4, -0.2) is 4.98 Å². The highest BCUT2D eigenvalue weighted by Gasteiger charge is 2.41. The van der Waals surface area contributed by atoms with Gasteiger partial charge in [0.1, 0.15) is 10.4 Å². The molecular formula is C12H10N2S2. The Morgan fingerprint density at radius 1 is 1.38 bits per heavy atom. The minimum Gasteiger partial charge on any atom is -0.239 e. The molecule has 0 saturated heterocycles. The van der Waals surface area contributed by atoms with E-state index in [-0.39, 0.29) is 5.41 Å². The molecule has 1 aliphatic rings. The first-order chi connectivity index (χ1) is 7.84. The lowest BCUT2D eigenvalue weighted by molar-refractivity contribution is 0.317. The van der Waals surface area contributed by atoms with Crippen LogP contribution in [0.3, 0.4) is 0 Å². The smallest absolute Gasteiger partial charge is 0.133 e. The minimum atomic E-state index is -0.272. The van der Waals surface area contributed by atoms with Gasteiger partial charge in [-0.3, -0.25) is 0 Å². The predicted octanol–water partition coefficient (Wildman–Crippen LogP) is 3.82. The maximum absolute atomic E-state index is 9.25. The summed E-state index contributed by atoms with van der Waals surface area (Å²) in [7, 11) is 0. The Hall–Kier alpha value is -1.18. The van der Waals surface area contributed by atoms with E-state index in [0.29, 0.717) is 0 Å². The van der Waals surface area contributed by atoms with Crippen LogP contribution in [0.1, 0.15) is 25.0 Å². The van der Waals surface area contributed by atoms with E-state index in [1.165, 1.54) is 4.88 Å². The molecule has 1 fully saturated rings. The molecule has 80 valence electrons. The standard InChI is InChI=1S/C12H10N2S2/c13-8-12(4-2-5-12)10-7-16-11(14-10)9-3-1-6-15-9/h1,3,6-7H,2,4-5H2. The third-order valence-electron chi connectivity index (χ3n) is 3.15. The van der Waals surface area contributed by atoms with Gasteiger partial charge in [0.05, 0.1) is 16.6 Å². The topological polar surface area (TPSA) is 36.7 Å². The Morgan fingerprint density at radius 3 is 2.81 bits per heavy atom. The van der Waals surface area contributed by atoms with Gasteiger partial charge in [0, 0.05) is 5.38 Å². The minimum absolute atomic E-state index is 0.272. The highest BCUT2D eigenvalue weighted by Crippen LogP contribution is 2.44. The molecule has 0 aromatic carbocycles. The van der Waals surface area contributed by atoms with Gasteiger partial charge in [0.25, 0.3) is 0 Å². The zero-order valence-electron chi connectivity index (χ0n) is 8.64. The van der Waals surface area contributed by atoms with E-state index in [0.717, 1.165) is 30.0 Å². The first-order valence-corrected chi connectivity index (χ1v) is 7.01. The van der Waals surface area contributed by atoms with Crippen molar-refractivity contribution >= 4 is 22.7 Å². The van der Waals surface area contributed by atoms with Crippen LogP contribution in [0.5, 0.6) is 0 Å². The van der Waals surface area contributed by atoms with Crippen LogP contribution in [0.25, 0.3) is 9.88 Å². The summed E-state index contributed by atoms with van der Waals surface area (Å²) < 4.78 is 0. The number of nitrogens with zero attached hydrogens (tertiary/aromatic N) is 2. The molecular weight excluding hydrogens is 236 g/mol. The number of hydrogen-bond donors (Lipinski definition) is 0. The molecule has 2 aromatic heterocycles. The largest absolute Gasteiger partial charge is 0.239 e. The van der Waals surface area contributed by atoms with Gasteiger partial charge in [-0.2, -0.15) is 5.26 Å². The second-order valence-electron chi connectivity index (χ2n) is 4.06. The molecule has 3 rings (SSSR count). The summed E-state index contributed by atoms with van der Waals surface area (Å²) in [5.41, 5.74) is 0.709. The molecule has 0 atom stereocenters. The van der Waals surface area contributed by atoms with E-state index in [1.54, 1.807) is 22.7 Å². The molecule has 4 heteroatoms. The Bertz CT molecular complexity index is 530. The fourth-order valence-corrected chi connectivity index (χ4v) is 3.70. The Morgan fingerprint density at radius 2 is 2.25 bits per heavy atom. The summed E-state index contributed by atoms with van der Waals surface area (Å²) in [6.07, 6.45) is 3.09. The average molecular weight is 246 g/mol. The maximum Gasteiger partial charge on any atom is 0.133 e. The molecule has 1 aliphatic carbocycles.